The maximum atomic E-state index is 11.8. The number of carbonyl (C=O) groups is 1. The second-order valence-electron chi connectivity index (χ2n) is 4.68. The van der Waals surface area contributed by atoms with Gasteiger partial charge in [-0.15, -0.1) is 0 Å². The Balaban J connectivity index is 1.84. The average Bonchev–Trinajstić information content (AvgIpc) is 3.14. The van der Waals surface area contributed by atoms with Gasteiger partial charge in [0.2, 0.25) is 5.91 Å². The van der Waals surface area contributed by atoms with E-state index in [1.807, 2.05) is 32.2 Å². The van der Waals surface area contributed by atoms with E-state index >= 15 is 0 Å². The molecule has 0 spiro atoms. The van der Waals surface area contributed by atoms with E-state index in [1.54, 1.807) is 6.20 Å². The summed E-state index contributed by atoms with van der Waals surface area (Å²) < 4.78 is 0. The van der Waals surface area contributed by atoms with Gasteiger partial charge in [0.05, 0.1) is 6.04 Å². The van der Waals surface area contributed by atoms with Gasteiger partial charge in [0.15, 0.2) is 0 Å². The molecule has 1 saturated carbocycles. The van der Waals surface area contributed by atoms with Gasteiger partial charge < -0.3 is 5.32 Å². The van der Waals surface area contributed by atoms with E-state index in [4.69, 9.17) is 0 Å². The lowest BCUT2D eigenvalue weighted by atomic mass is 10.1. The second-order valence-corrected chi connectivity index (χ2v) is 4.68. The molecule has 1 heterocycles. The molecular weight excluding hydrogens is 214 g/mol. The Morgan fingerprint density at radius 2 is 2.24 bits per heavy atom. The van der Waals surface area contributed by atoms with Gasteiger partial charge in [-0.25, -0.2) is 0 Å². The van der Waals surface area contributed by atoms with E-state index in [-0.39, 0.29) is 18.0 Å². The first-order valence-electron chi connectivity index (χ1n) is 6.13. The lowest BCUT2D eigenvalue weighted by Crippen LogP contribution is -2.43. The first-order valence-corrected chi connectivity index (χ1v) is 6.13. The van der Waals surface area contributed by atoms with Crippen LogP contribution in [0.5, 0.6) is 0 Å². The first-order chi connectivity index (χ1) is 8.16. The minimum Gasteiger partial charge on any atom is -0.352 e. The van der Waals surface area contributed by atoms with E-state index in [9.17, 15) is 4.79 Å². The highest BCUT2D eigenvalue weighted by molar-refractivity contribution is 5.81. The molecule has 1 unspecified atom stereocenters. The zero-order valence-electron chi connectivity index (χ0n) is 10.3. The van der Waals surface area contributed by atoms with Crippen molar-refractivity contribution in [2.75, 3.05) is 0 Å². The third kappa shape index (κ3) is 3.53. The third-order valence-corrected chi connectivity index (χ3v) is 3.00. The Morgan fingerprint density at radius 3 is 2.82 bits per heavy atom. The van der Waals surface area contributed by atoms with E-state index in [0.29, 0.717) is 6.04 Å². The summed E-state index contributed by atoms with van der Waals surface area (Å²) in [4.78, 5) is 15.8. The molecule has 4 heteroatoms. The van der Waals surface area contributed by atoms with Crippen molar-refractivity contribution in [2.45, 2.75) is 44.8 Å². The largest absolute Gasteiger partial charge is 0.352 e. The zero-order chi connectivity index (χ0) is 12.3. The number of hydrogen-bond acceptors (Lipinski definition) is 3. The molecule has 0 aliphatic heterocycles. The zero-order valence-corrected chi connectivity index (χ0v) is 10.3. The number of pyridine rings is 1. The Bertz CT molecular complexity index is 376. The fourth-order valence-corrected chi connectivity index (χ4v) is 1.73. The Hall–Kier alpha value is -1.42. The van der Waals surface area contributed by atoms with Gasteiger partial charge in [0.25, 0.3) is 0 Å². The van der Waals surface area contributed by atoms with Gasteiger partial charge in [-0.05, 0) is 38.3 Å². The van der Waals surface area contributed by atoms with Crippen LogP contribution in [0.1, 0.15) is 38.3 Å². The summed E-state index contributed by atoms with van der Waals surface area (Å²) in [6.07, 6.45) is 5.82. The summed E-state index contributed by atoms with van der Waals surface area (Å²) in [6, 6.07) is 4.29. The number of carbonyl (C=O) groups excluding carboxylic acids is 1. The van der Waals surface area contributed by atoms with Crippen molar-refractivity contribution in [3.05, 3.63) is 30.1 Å². The number of nitrogens with zero attached hydrogens (tertiary/aromatic N) is 1. The topological polar surface area (TPSA) is 54.0 Å². The molecule has 4 nitrogen and oxygen atoms in total. The van der Waals surface area contributed by atoms with E-state index in [1.165, 1.54) is 0 Å². The summed E-state index contributed by atoms with van der Waals surface area (Å²) in [5.74, 6) is 0.0863. The van der Waals surface area contributed by atoms with Crippen LogP contribution in [-0.2, 0) is 4.79 Å². The highest BCUT2D eigenvalue weighted by atomic mass is 16.2. The molecule has 1 amide bonds. The van der Waals surface area contributed by atoms with Crippen molar-refractivity contribution in [1.82, 2.24) is 15.6 Å². The molecule has 0 aromatic carbocycles. The van der Waals surface area contributed by atoms with Crippen LogP contribution in [0.2, 0.25) is 0 Å². The van der Waals surface area contributed by atoms with Crippen molar-refractivity contribution in [1.29, 1.82) is 0 Å². The summed E-state index contributed by atoms with van der Waals surface area (Å²) in [5.41, 5.74) is 1.10. The standard InChI is InChI=1S/C13H19N3O/c1-9(11-4-3-7-14-8-11)15-10(2)13(17)16-12-5-6-12/h3-4,7-10,12,15H,5-6H2,1-2H3,(H,16,17)/t9-,10?/m0/s1. The van der Waals surface area contributed by atoms with Crippen molar-refractivity contribution < 1.29 is 4.79 Å². The highest BCUT2D eigenvalue weighted by Crippen LogP contribution is 2.19. The molecular formula is C13H19N3O. The predicted molar refractivity (Wildman–Crippen MR) is 66.4 cm³/mol. The van der Waals surface area contributed by atoms with E-state index in [2.05, 4.69) is 15.6 Å². The molecule has 2 N–H and O–H groups in total. The van der Waals surface area contributed by atoms with Gasteiger partial charge in [0.1, 0.15) is 0 Å². The number of amides is 1. The third-order valence-electron chi connectivity index (χ3n) is 3.00. The highest BCUT2D eigenvalue weighted by Gasteiger charge is 2.26. The van der Waals surface area contributed by atoms with Crippen molar-refractivity contribution >= 4 is 5.91 Å². The summed E-state index contributed by atoms with van der Waals surface area (Å²) >= 11 is 0. The number of aromatic nitrogens is 1. The van der Waals surface area contributed by atoms with Crippen LogP contribution < -0.4 is 10.6 Å². The second kappa shape index (κ2) is 5.27. The minimum atomic E-state index is -0.175. The Kier molecular flexibility index (Phi) is 3.74. The fraction of sp³-hybridized carbons (Fsp3) is 0.538. The Morgan fingerprint density at radius 1 is 1.47 bits per heavy atom. The maximum Gasteiger partial charge on any atom is 0.237 e. The maximum absolute atomic E-state index is 11.8. The van der Waals surface area contributed by atoms with Gasteiger partial charge >= 0.3 is 0 Å². The molecule has 1 aromatic heterocycles. The van der Waals surface area contributed by atoms with Gasteiger partial charge in [0, 0.05) is 24.5 Å². The average molecular weight is 233 g/mol. The summed E-state index contributed by atoms with van der Waals surface area (Å²) in [7, 11) is 0. The van der Waals surface area contributed by atoms with Crippen LogP contribution in [-0.4, -0.2) is 23.0 Å². The fourth-order valence-electron chi connectivity index (χ4n) is 1.73. The van der Waals surface area contributed by atoms with Crippen LogP contribution in [0.4, 0.5) is 0 Å². The smallest absolute Gasteiger partial charge is 0.237 e. The SMILES string of the molecule is CC(N[C@@H](C)c1cccnc1)C(=O)NC1CC1. The van der Waals surface area contributed by atoms with Crippen LogP contribution in [0, 0.1) is 0 Å². The normalized spacial score (nSPS) is 18.5. The number of nitrogens with one attached hydrogen (secondary N) is 2. The molecule has 1 aromatic rings. The van der Waals surface area contributed by atoms with Gasteiger partial charge in [-0.3, -0.25) is 15.1 Å². The number of rotatable bonds is 5. The number of hydrogen-bond donors (Lipinski definition) is 2. The van der Waals surface area contributed by atoms with E-state index in [0.717, 1.165) is 18.4 Å². The molecule has 92 valence electrons. The van der Waals surface area contributed by atoms with E-state index < -0.39 is 0 Å². The van der Waals surface area contributed by atoms with Gasteiger partial charge in [-0.1, -0.05) is 6.07 Å². The first kappa shape index (κ1) is 12.0. The molecule has 17 heavy (non-hydrogen) atoms. The molecule has 0 bridgehead atoms. The molecule has 2 atom stereocenters. The van der Waals surface area contributed by atoms with Crippen LogP contribution in [0.15, 0.2) is 24.5 Å². The molecule has 0 saturated heterocycles. The quantitative estimate of drug-likeness (QED) is 0.808. The summed E-state index contributed by atoms with van der Waals surface area (Å²) in [5, 5.41) is 6.27. The molecule has 1 aliphatic carbocycles. The predicted octanol–water partition coefficient (Wildman–Crippen LogP) is 1.40. The minimum absolute atomic E-state index is 0.0863. The lowest BCUT2D eigenvalue weighted by Gasteiger charge is -2.19. The van der Waals surface area contributed by atoms with Crippen LogP contribution in [0.25, 0.3) is 0 Å². The lowest BCUT2D eigenvalue weighted by molar-refractivity contribution is -0.123. The van der Waals surface area contributed by atoms with Gasteiger partial charge in [-0.2, -0.15) is 0 Å². The van der Waals surface area contributed by atoms with Crippen molar-refractivity contribution in [3.8, 4) is 0 Å². The van der Waals surface area contributed by atoms with Crippen LogP contribution >= 0.6 is 0 Å². The Labute approximate surface area is 102 Å². The van der Waals surface area contributed by atoms with Crippen LogP contribution in [0.3, 0.4) is 0 Å². The molecule has 1 aliphatic rings. The summed E-state index contributed by atoms with van der Waals surface area (Å²) in [6.45, 7) is 3.93. The molecule has 1 fully saturated rings. The van der Waals surface area contributed by atoms with Crippen molar-refractivity contribution in [3.63, 3.8) is 0 Å². The molecule has 2 rings (SSSR count). The van der Waals surface area contributed by atoms with Crippen molar-refractivity contribution in [2.24, 2.45) is 0 Å². The monoisotopic (exact) mass is 233 g/mol. The molecule has 0 radical (unpaired) electrons.